The van der Waals surface area contributed by atoms with E-state index < -0.39 is 0 Å². The maximum Gasteiger partial charge on any atom is 0.191 e. The molecular weight excluding hydrogens is 334 g/mol. The molecule has 0 bridgehead atoms. The molecule has 25 heavy (non-hydrogen) atoms. The molecule has 0 amide bonds. The molecule has 0 radical (unpaired) electrons. The molecule has 2 fully saturated rings. The third-order valence-corrected chi connectivity index (χ3v) is 6.04. The first-order chi connectivity index (χ1) is 12.3. The highest BCUT2D eigenvalue weighted by molar-refractivity contribution is 7.11. The van der Waals surface area contributed by atoms with Crippen LogP contribution in [-0.2, 0) is 17.6 Å². The number of ether oxygens (including phenoxy) is 1. The summed E-state index contributed by atoms with van der Waals surface area (Å²) in [6.07, 6.45) is 6.81. The molecule has 2 saturated heterocycles. The lowest BCUT2D eigenvalue weighted by Gasteiger charge is -2.34. The molecule has 7 heteroatoms. The van der Waals surface area contributed by atoms with Gasteiger partial charge in [-0.2, -0.15) is 0 Å². The number of rotatable bonds is 7. The lowest BCUT2D eigenvalue weighted by Crippen LogP contribution is -2.47. The van der Waals surface area contributed by atoms with E-state index in [1.54, 1.807) is 11.3 Å². The number of hydrogen-bond acceptors (Lipinski definition) is 5. The van der Waals surface area contributed by atoms with Gasteiger partial charge in [-0.3, -0.25) is 9.89 Å². The number of aromatic nitrogens is 1. The maximum atomic E-state index is 6.00. The van der Waals surface area contributed by atoms with Crippen molar-refractivity contribution in [3.63, 3.8) is 0 Å². The Hall–Kier alpha value is -1.18. The molecule has 1 aromatic heterocycles. The van der Waals surface area contributed by atoms with Crippen LogP contribution in [0.3, 0.4) is 0 Å². The van der Waals surface area contributed by atoms with Crippen LogP contribution in [0.5, 0.6) is 0 Å². The fourth-order valence-corrected chi connectivity index (χ4v) is 4.31. The van der Waals surface area contributed by atoms with E-state index in [2.05, 4.69) is 34.4 Å². The van der Waals surface area contributed by atoms with Crippen molar-refractivity contribution in [1.82, 2.24) is 20.5 Å². The van der Waals surface area contributed by atoms with Crippen molar-refractivity contribution in [3.05, 3.63) is 16.1 Å². The van der Waals surface area contributed by atoms with Gasteiger partial charge in [0.05, 0.1) is 24.3 Å². The Morgan fingerprint density at radius 2 is 2.36 bits per heavy atom. The van der Waals surface area contributed by atoms with Crippen LogP contribution in [0.2, 0.25) is 0 Å². The number of hydrogen-bond donors (Lipinski definition) is 2. The van der Waals surface area contributed by atoms with E-state index >= 15 is 0 Å². The number of aryl methyl sites for hydroxylation is 1. The van der Waals surface area contributed by atoms with Crippen LogP contribution in [0.1, 0.15) is 36.6 Å². The first-order valence-electron chi connectivity index (χ1n) is 9.60. The van der Waals surface area contributed by atoms with Gasteiger partial charge in [0.15, 0.2) is 5.96 Å². The van der Waals surface area contributed by atoms with Gasteiger partial charge in [-0.05, 0) is 32.7 Å². The van der Waals surface area contributed by atoms with Gasteiger partial charge >= 0.3 is 0 Å². The Bertz CT molecular complexity index is 561. The Morgan fingerprint density at radius 3 is 3.16 bits per heavy atom. The zero-order chi connectivity index (χ0) is 17.5. The summed E-state index contributed by atoms with van der Waals surface area (Å²) in [6.45, 7) is 9.81. The monoisotopic (exact) mass is 365 g/mol. The fourth-order valence-electron chi connectivity index (χ4n) is 3.45. The molecule has 3 heterocycles. The molecule has 2 unspecified atom stereocenters. The smallest absolute Gasteiger partial charge is 0.191 e. The van der Waals surface area contributed by atoms with Crippen molar-refractivity contribution in [2.24, 2.45) is 4.99 Å². The van der Waals surface area contributed by atoms with Crippen LogP contribution in [0.25, 0.3) is 0 Å². The van der Waals surface area contributed by atoms with E-state index in [-0.39, 0.29) is 6.10 Å². The SMILES string of the molecule is CCNC(=NCC1CN2CCCC2CO1)NCCc1ncc(CC)s1. The fraction of sp³-hybridized carbons (Fsp3) is 0.778. The van der Waals surface area contributed by atoms with E-state index in [1.165, 1.54) is 29.3 Å². The number of nitrogens with zero attached hydrogens (tertiary/aromatic N) is 3. The second kappa shape index (κ2) is 9.50. The van der Waals surface area contributed by atoms with Crippen molar-refractivity contribution in [2.45, 2.75) is 51.7 Å². The zero-order valence-corrected chi connectivity index (χ0v) is 16.3. The number of nitrogens with one attached hydrogen (secondary N) is 2. The van der Waals surface area contributed by atoms with E-state index in [0.29, 0.717) is 6.04 Å². The minimum Gasteiger partial charge on any atom is -0.373 e. The minimum atomic E-state index is 0.218. The van der Waals surface area contributed by atoms with Gasteiger partial charge in [0, 0.05) is 43.2 Å². The van der Waals surface area contributed by atoms with Crippen molar-refractivity contribution in [1.29, 1.82) is 0 Å². The highest BCUT2D eigenvalue weighted by atomic mass is 32.1. The van der Waals surface area contributed by atoms with Crippen LogP contribution in [-0.4, -0.2) is 67.3 Å². The maximum absolute atomic E-state index is 6.00. The number of fused-ring (bicyclic) bond motifs is 1. The summed E-state index contributed by atoms with van der Waals surface area (Å²) < 4.78 is 6.00. The molecule has 2 atom stereocenters. The van der Waals surface area contributed by atoms with Gasteiger partial charge in [-0.15, -0.1) is 11.3 Å². The standard InChI is InChI=1S/C18H31N5OS/c1-3-16-11-21-17(25-16)7-8-20-18(19-4-2)22-10-15-12-23-9-5-6-14(23)13-24-15/h11,14-15H,3-10,12-13H2,1-2H3,(H2,19,20,22). The van der Waals surface area contributed by atoms with Crippen molar-refractivity contribution < 1.29 is 4.74 Å². The summed E-state index contributed by atoms with van der Waals surface area (Å²) in [5, 5.41) is 7.93. The topological polar surface area (TPSA) is 61.8 Å². The van der Waals surface area contributed by atoms with Gasteiger partial charge in [-0.25, -0.2) is 4.98 Å². The van der Waals surface area contributed by atoms with Gasteiger partial charge < -0.3 is 15.4 Å². The Balaban J connectivity index is 1.44. The largest absolute Gasteiger partial charge is 0.373 e. The average molecular weight is 366 g/mol. The van der Waals surface area contributed by atoms with Crippen LogP contribution < -0.4 is 10.6 Å². The summed E-state index contributed by atoms with van der Waals surface area (Å²) in [5.41, 5.74) is 0. The minimum absolute atomic E-state index is 0.218. The zero-order valence-electron chi connectivity index (χ0n) is 15.5. The predicted molar refractivity (Wildman–Crippen MR) is 104 cm³/mol. The molecule has 140 valence electrons. The molecule has 1 aromatic rings. The second-order valence-corrected chi connectivity index (χ2v) is 7.92. The molecule has 0 saturated carbocycles. The molecule has 6 nitrogen and oxygen atoms in total. The summed E-state index contributed by atoms with van der Waals surface area (Å²) in [7, 11) is 0. The Labute approximate surface area is 155 Å². The van der Waals surface area contributed by atoms with Crippen molar-refractivity contribution >= 4 is 17.3 Å². The molecule has 2 N–H and O–H groups in total. The van der Waals surface area contributed by atoms with Crippen LogP contribution in [0, 0.1) is 0 Å². The number of morpholine rings is 1. The third kappa shape index (κ3) is 5.39. The van der Waals surface area contributed by atoms with Crippen molar-refractivity contribution in [3.8, 4) is 0 Å². The first-order valence-corrected chi connectivity index (χ1v) is 10.4. The number of aliphatic imine (C=N–C) groups is 1. The molecule has 0 aromatic carbocycles. The van der Waals surface area contributed by atoms with Gasteiger partial charge in [0.2, 0.25) is 0 Å². The predicted octanol–water partition coefficient (Wildman–Crippen LogP) is 1.67. The number of thiazole rings is 1. The van der Waals surface area contributed by atoms with E-state index in [1.807, 2.05) is 6.20 Å². The van der Waals surface area contributed by atoms with E-state index in [4.69, 9.17) is 9.73 Å². The lowest BCUT2D eigenvalue weighted by atomic mass is 10.2. The highest BCUT2D eigenvalue weighted by Gasteiger charge is 2.31. The second-order valence-electron chi connectivity index (χ2n) is 6.72. The molecule has 0 spiro atoms. The normalized spacial score (nSPS) is 24.3. The summed E-state index contributed by atoms with van der Waals surface area (Å²) >= 11 is 1.81. The van der Waals surface area contributed by atoms with Gasteiger partial charge in [-0.1, -0.05) is 6.92 Å². The average Bonchev–Trinajstić information content (AvgIpc) is 3.28. The lowest BCUT2D eigenvalue weighted by molar-refractivity contribution is -0.0432. The highest BCUT2D eigenvalue weighted by Crippen LogP contribution is 2.22. The quantitative estimate of drug-likeness (QED) is 0.568. The van der Waals surface area contributed by atoms with Crippen molar-refractivity contribution in [2.75, 3.05) is 39.3 Å². The van der Waals surface area contributed by atoms with E-state index in [0.717, 1.165) is 51.6 Å². The van der Waals surface area contributed by atoms with Gasteiger partial charge in [0.25, 0.3) is 0 Å². The van der Waals surface area contributed by atoms with Crippen LogP contribution >= 0.6 is 11.3 Å². The first kappa shape index (κ1) is 18.6. The molecular formula is C18H31N5OS. The van der Waals surface area contributed by atoms with Crippen LogP contribution in [0.4, 0.5) is 0 Å². The van der Waals surface area contributed by atoms with Gasteiger partial charge in [0.1, 0.15) is 0 Å². The summed E-state index contributed by atoms with van der Waals surface area (Å²) in [4.78, 5) is 13.1. The van der Waals surface area contributed by atoms with E-state index in [9.17, 15) is 0 Å². The molecule has 2 aliphatic rings. The molecule has 2 aliphatic heterocycles. The Kier molecular flexibility index (Phi) is 7.07. The third-order valence-electron chi connectivity index (χ3n) is 4.84. The Morgan fingerprint density at radius 1 is 1.44 bits per heavy atom. The summed E-state index contributed by atoms with van der Waals surface area (Å²) in [6, 6.07) is 0.651. The van der Waals surface area contributed by atoms with Crippen LogP contribution in [0.15, 0.2) is 11.2 Å². The molecule has 3 rings (SSSR count). The number of guanidine groups is 1. The summed E-state index contributed by atoms with van der Waals surface area (Å²) in [5.74, 6) is 0.877. The molecule has 0 aliphatic carbocycles.